The highest BCUT2D eigenvalue weighted by atomic mass is 32.2. The molecular weight excluding hydrogens is 403 g/mol. The van der Waals surface area contributed by atoms with Gasteiger partial charge in [-0.2, -0.15) is 0 Å². The summed E-state index contributed by atoms with van der Waals surface area (Å²) in [7, 11) is 0. The van der Waals surface area contributed by atoms with Crippen molar-refractivity contribution in [2.75, 3.05) is 0 Å². The molecule has 0 N–H and O–H groups in total. The highest BCUT2D eigenvalue weighted by Gasteiger charge is 2.18. The van der Waals surface area contributed by atoms with Crippen molar-refractivity contribution in [3.8, 4) is 11.5 Å². The van der Waals surface area contributed by atoms with E-state index in [1.165, 1.54) is 17.8 Å². The molecule has 5 rings (SSSR count). The fourth-order valence-corrected chi connectivity index (χ4v) is 4.47. The van der Waals surface area contributed by atoms with Crippen molar-refractivity contribution in [1.29, 1.82) is 0 Å². The predicted octanol–water partition coefficient (Wildman–Crippen LogP) is 5.74. The molecule has 0 amide bonds. The van der Waals surface area contributed by atoms with Gasteiger partial charge >= 0.3 is 0 Å². The van der Waals surface area contributed by atoms with Gasteiger partial charge in [0.05, 0.1) is 22.3 Å². The number of nitrogens with zero attached hydrogens (tertiary/aromatic N) is 4. The Morgan fingerprint density at radius 1 is 1.07 bits per heavy atom. The summed E-state index contributed by atoms with van der Waals surface area (Å²) in [5.41, 5.74) is 3.88. The quantitative estimate of drug-likeness (QED) is 0.336. The Kier molecular flexibility index (Phi) is 4.58. The molecule has 4 heterocycles. The third-order valence-electron chi connectivity index (χ3n) is 5.01. The van der Waals surface area contributed by atoms with E-state index >= 15 is 0 Å². The van der Waals surface area contributed by atoms with Crippen molar-refractivity contribution in [3.63, 3.8) is 0 Å². The predicted molar refractivity (Wildman–Crippen MR) is 113 cm³/mol. The van der Waals surface area contributed by atoms with Gasteiger partial charge in [-0.15, -0.1) is 10.2 Å². The second-order valence-electron chi connectivity index (χ2n) is 7.04. The summed E-state index contributed by atoms with van der Waals surface area (Å²) in [6.45, 7) is 5.82. The van der Waals surface area contributed by atoms with E-state index in [1.807, 2.05) is 26.0 Å². The van der Waals surface area contributed by atoms with Crippen LogP contribution in [0, 0.1) is 19.7 Å². The Morgan fingerprint density at radius 3 is 2.70 bits per heavy atom. The first-order chi connectivity index (χ1) is 14.5. The van der Waals surface area contributed by atoms with Crippen LogP contribution in [0.15, 0.2) is 50.3 Å². The Morgan fingerprint density at radius 2 is 1.90 bits per heavy atom. The van der Waals surface area contributed by atoms with Crippen LogP contribution in [0.4, 0.5) is 4.39 Å². The van der Waals surface area contributed by atoms with Crippen LogP contribution in [0.2, 0.25) is 0 Å². The van der Waals surface area contributed by atoms with Crippen LogP contribution in [-0.2, 0) is 12.2 Å². The van der Waals surface area contributed by atoms with Gasteiger partial charge in [0.15, 0.2) is 5.58 Å². The normalized spacial score (nSPS) is 11.7. The number of benzene rings is 1. The highest BCUT2D eigenvalue weighted by molar-refractivity contribution is 7.98. The summed E-state index contributed by atoms with van der Waals surface area (Å²) in [4.78, 5) is 4.51. The summed E-state index contributed by atoms with van der Waals surface area (Å²) in [6.07, 6.45) is 0.761. The zero-order chi connectivity index (χ0) is 20.8. The van der Waals surface area contributed by atoms with Crippen molar-refractivity contribution in [2.45, 2.75) is 38.0 Å². The van der Waals surface area contributed by atoms with Gasteiger partial charge in [0, 0.05) is 24.3 Å². The zero-order valence-electron chi connectivity index (χ0n) is 16.8. The Balaban J connectivity index is 1.49. The first-order valence-electron chi connectivity index (χ1n) is 9.66. The smallest absolute Gasteiger partial charge is 0.229 e. The number of rotatable bonds is 5. The van der Waals surface area contributed by atoms with Gasteiger partial charge in [-0.25, -0.2) is 9.37 Å². The van der Waals surface area contributed by atoms with Crippen LogP contribution in [-0.4, -0.2) is 19.6 Å². The minimum absolute atomic E-state index is 0.287. The number of hydrogen-bond donors (Lipinski definition) is 0. The minimum Gasteiger partial charge on any atom is -0.460 e. The van der Waals surface area contributed by atoms with E-state index in [0.717, 1.165) is 45.3 Å². The lowest BCUT2D eigenvalue weighted by Gasteiger charge is -2.06. The SMILES string of the molecule is CCc1nnc(SCc2nc(-c3ccccc3F)oc2C)c2cc3oc(C)cc3n12. The lowest BCUT2D eigenvalue weighted by Crippen LogP contribution is -2.03. The van der Waals surface area contributed by atoms with E-state index in [9.17, 15) is 4.39 Å². The summed E-state index contributed by atoms with van der Waals surface area (Å²) >= 11 is 1.52. The maximum Gasteiger partial charge on any atom is 0.229 e. The standard InChI is InChI=1S/C22H19FN4O2S/c1-4-20-25-26-22(18-10-19-17(27(18)20)9-12(2)28-19)30-11-16-13(3)29-21(24-16)14-7-5-6-8-15(14)23/h5-10H,4,11H2,1-3H3. The van der Waals surface area contributed by atoms with E-state index in [-0.39, 0.29) is 11.7 Å². The first kappa shape index (κ1) is 18.9. The molecule has 30 heavy (non-hydrogen) atoms. The summed E-state index contributed by atoms with van der Waals surface area (Å²) in [5.74, 6) is 2.87. The first-order valence-corrected chi connectivity index (χ1v) is 10.6. The van der Waals surface area contributed by atoms with Gasteiger partial charge in [-0.05, 0) is 26.0 Å². The van der Waals surface area contributed by atoms with Gasteiger partial charge < -0.3 is 8.83 Å². The van der Waals surface area contributed by atoms with Crippen LogP contribution in [0.1, 0.15) is 30.0 Å². The van der Waals surface area contributed by atoms with Gasteiger partial charge in [0.2, 0.25) is 5.89 Å². The lowest BCUT2D eigenvalue weighted by molar-refractivity contribution is 0.533. The van der Waals surface area contributed by atoms with Crippen molar-refractivity contribution < 1.29 is 13.2 Å². The summed E-state index contributed by atoms with van der Waals surface area (Å²) in [5, 5.41) is 9.63. The van der Waals surface area contributed by atoms with E-state index in [4.69, 9.17) is 8.83 Å². The summed E-state index contributed by atoms with van der Waals surface area (Å²) < 4.78 is 27.7. The number of thioether (sulfide) groups is 1. The molecular formula is C22H19FN4O2S. The largest absolute Gasteiger partial charge is 0.460 e. The van der Waals surface area contributed by atoms with Crippen LogP contribution >= 0.6 is 11.8 Å². The topological polar surface area (TPSA) is 69.4 Å². The molecule has 152 valence electrons. The number of aryl methyl sites for hydroxylation is 3. The molecule has 6 nitrogen and oxygen atoms in total. The van der Waals surface area contributed by atoms with Crippen LogP contribution in [0.3, 0.4) is 0 Å². The number of aromatic nitrogens is 4. The Hall–Kier alpha value is -3.13. The van der Waals surface area contributed by atoms with Crippen LogP contribution in [0.25, 0.3) is 28.1 Å². The molecule has 0 bridgehead atoms. The molecule has 0 saturated heterocycles. The Labute approximate surface area is 176 Å². The molecule has 0 fully saturated rings. The molecule has 0 aliphatic heterocycles. The lowest BCUT2D eigenvalue weighted by atomic mass is 10.2. The van der Waals surface area contributed by atoms with E-state index in [0.29, 0.717) is 17.1 Å². The van der Waals surface area contributed by atoms with Crippen molar-refractivity contribution in [3.05, 3.63) is 65.3 Å². The second kappa shape index (κ2) is 7.28. The average molecular weight is 422 g/mol. The minimum atomic E-state index is -0.355. The molecule has 0 unspecified atom stereocenters. The second-order valence-corrected chi connectivity index (χ2v) is 8.00. The van der Waals surface area contributed by atoms with E-state index in [1.54, 1.807) is 18.2 Å². The van der Waals surface area contributed by atoms with Crippen molar-refractivity contribution >= 4 is 28.4 Å². The molecule has 0 atom stereocenters. The van der Waals surface area contributed by atoms with Gasteiger partial charge in [-0.3, -0.25) is 4.40 Å². The molecule has 4 aromatic heterocycles. The maximum absolute atomic E-state index is 14.1. The Bertz CT molecular complexity index is 1390. The third-order valence-corrected chi connectivity index (χ3v) is 5.99. The zero-order valence-corrected chi connectivity index (χ0v) is 17.6. The summed E-state index contributed by atoms with van der Waals surface area (Å²) in [6, 6.07) is 10.5. The fraction of sp³-hybridized carbons (Fsp3) is 0.227. The third kappa shape index (κ3) is 3.08. The molecule has 0 spiro atoms. The maximum atomic E-state index is 14.1. The van der Waals surface area contributed by atoms with E-state index < -0.39 is 0 Å². The van der Waals surface area contributed by atoms with Crippen molar-refractivity contribution in [1.82, 2.24) is 19.6 Å². The van der Waals surface area contributed by atoms with Crippen molar-refractivity contribution in [2.24, 2.45) is 0 Å². The number of furan rings is 1. The average Bonchev–Trinajstić information content (AvgIpc) is 3.38. The van der Waals surface area contributed by atoms with Gasteiger partial charge in [0.1, 0.15) is 28.2 Å². The monoisotopic (exact) mass is 422 g/mol. The fourth-order valence-electron chi connectivity index (χ4n) is 3.53. The highest BCUT2D eigenvalue weighted by Crippen LogP contribution is 2.33. The molecule has 0 aliphatic rings. The molecule has 5 aromatic rings. The molecule has 0 saturated carbocycles. The molecule has 1 aromatic carbocycles. The number of hydrogen-bond acceptors (Lipinski definition) is 6. The molecule has 0 radical (unpaired) electrons. The van der Waals surface area contributed by atoms with Crippen LogP contribution in [0.5, 0.6) is 0 Å². The van der Waals surface area contributed by atoms with Crippen LogP contribution < -0.4 is 0 Å². The van der Waals surface area contributed by atoms with Gasteiger partial charge in [-0.1, -0.05) is 30.8 Å². The molecule has 0 aliphatic carbocycles. The number of halogens is 1. The number of oxazole rings is 1. The molecule has 8 heteroatoms. The van der Waals surface area contributed by atoms with Gasteiger partial charge in [0.25, 0.3) is 0 Å². The van der Waals surface area contributed by atoms with E-state index in [2.05, 4.69) is 26.5 Å². The number of fused-ring (bicyclic) bond motifs is 3.